The molecule has 13 heteroatoms. The van der Waals surface area contributed by atoms with E-state index in [1.165, 1.54) is 22.7 Å². The van der Waals surface area contributed by atoms with E-state index in [0.29, 0.717) is 22.9 Å². The van der Waals surface area contributed by atoms with E-state index in [9.17, 15) is 0 Å². The average Bonchev–Trinajstić information content (AvgIpc) is 4.07. The number of anilines is 11. The van der Waals surface area contributed by atoms with Gasteiger partial charge in [0.1, 0.15) is 0 Å². The minimum atomic E-state index is 0. The number of fused-ring (bicyclic) bond motifs is 3. The topological polar surface area (TPSA) is 60.9 Å². The van der Waals surface area contributed by atoms with Gasteiger partial charge in [0.05, 0.1) is 0 Å². The molecular weight excluding hydrogens is 1240 g/mol. The molecule has 0 fully saturated rings. The summed E-state index contributed by atoms with van der Waals surface area (Å²) < 4.78 is 6.01. The number of nitrogens with zero attached hydrogens (tertiary/aromatic N) is 10. The largest absolute Gasteiger partial charge is 0.510 e. The third-order valence-corrected chi connectivity index (χ3v) is 12.1. The summed E-state index contributed by atoms with van der Waals surface area (Å²) in [6, 6.07) is 65.8. The Morgan fingerprint density at radius 2 is 1.00 bits per heavy atom. The van der Waals surface area contributed by atoms with E-state index in [2.05, 4.69) is 218 Å². The van der Waals surface area contributed by atoms with Crippen LogP contribution < -0.4 is 43.9 Å². The first-order valence-electron chi connectivity index (χ1n) is 23.0. The van der Waals surface area contributed by atoms with E-state index in [4.69, 9.17) is 4.74 Å². The molecule has 0 aliphatic carbocycles. The van der Waals surface area contributed by atoms with Gasteiger partial charge in [-0.1, -0.05) is 47.8 Å². The van der Waals surface area contributed by atoms with Crippen LogP contribution in [0.3, 0.4) is 0 Å². The van der Waals surface area contributed by atoms with E-state index in [1.54, 1.807) is 24.5 Å². The molecule has 11 rings (SSSR count). The summed E-state index contributed by atoms with van der Waals surface area (Å²) in [5, 5.41) is 0. The molecule has 0 amide bonds. The molecule has 0 saturated carbocycles. The smallest absolute Gasteiger partial charge is 0.0326 e. The minimum Gasteiger partial charge on any atom is -0.510 e. The first kappa shape index (κ1) is 50.5. The molecule has 3 aliphatic rings. The average molecular weight is 1290 g/mol. The Morgan fingerprint density at radius 1 is 0.493 bits per heavy atom. The fourth-order valence-corrected chi connectivity index (χ4v) is 8.54. The molecule has 0 spiro atoms. The van der Waals surface area contributed by atoms with Crippen molar-refractivity contribution < 1.29 is 45.9 Å². The van der Waals surface area contributed by atoms with Crippen molar-refractivity contribution in [1.29, 1.82) is 0 Å². The third kappa shape index (κ3) is 11.2. The van der Waals surface area contributed by atoms with Crippen LogP contribution in [0.15, 0.2) is 158 Å². The van der Waals surface area contributed by atoms with Crippen molar-refractivity contribution in [2.75, 3.05) is 87.5 Å². The van der Waals surface area contributed by atoms with Crippen molar-refractivity contribution in [3.63, 3.8) is 0 Å². The zero-order valence-corrected chi connectivity index (χ0v) is 44.8. The number of rotatable bonds is 13. The second-order valence-corrected chi connectivity index (χ2v) is 17.2. The monoisotopic (exact) mass is 1290 g/mol. The number of para-hydroxylation sites is 6. The standard InChI is InChI=1S/C34H36N6.C24H16N4O.Ir.Pt/c1-35(2)27-15-19-29(20-16-27)39-25-37(31-11-5-7-13-33(31)39)23-9-10-24-38-26-40(34-14-8-6-12-32(34)38)30-21-17-28(18-22-30)36(3)4;1-27-17-28(24-11-3-2-10-23(24)27)18-7-6-8-19(15-18)29-20-12-14-26-22(16-20)21-9-4-5-13-25-21;;/h5-8,11-19,21,25-26H,9-10,23-24H2,1-4H3;2-8,10-14,17H,1H3;;/q2*-4;;. The Bertz CT molecular complexity index is 2880. The molecule has 0 unspecified atom stereocenters. The van der Waals surface area contributed by atoms with Crippen molar-refractivity contribution >= 4 is 62.6 Å². The number of ether oxygens (including phenoxy) is 1. The fourth-order valence-electron chi connectivity index (χ4n) is 8.54. The molecular formula is C58H52IrN10OPt-8. The van der Waals surface area contributed by atoms with Gasteiger partial charge >= 0.3 is 0 Å². The molecule has 3 aliphatic heterocycles. The summed E-state index contributed by atoms with van der Waals surface area (Å²) in [5.41, 5.74) is 13.6. The molecule has 0 saturated heterocycles. The maximum atomic E-state index is 6.01. The Balaban J connectivity index is 0.000000194. The molecule has 0 atom stereocenters. The summed E-state index contributed by atoms with van der Waals surface area (Å²) in [6.07, 6.45) is 5.54. The number of hydrogen-bond acceptors (Lipinski definition) is 11. The predicted octanol–water partition coefficient (Wildman–Crippen LogP) is 12.1. The molecule has 6 aromatic carbocycles. The normalized spacial score (nSPS) is 13.1. The zero-order chi connectivity index (χ0) is 47.3. The van der Waals surface area contributed by atoms with Gasteiger partial charge in [0, 0.05) is 86.8 Å². The van der Waals surface area contributed by atoms with Gasteiger partial charge in [-0.2, -0.15) is 62.5 Å². The number of aromatic nitrogens is 2. The Labute approximate surface area is 447 Å². The second-order valence-electron chi connectivity index (χ2n) is 17.2. The minimum absolute atomic E-state index is 0. The van der Waals surface area contributed by atoms with Gasteiger partial charge in [-0.25, -0.2) is 6.07 Å². The van der Waals surface area contributed by atoms with Gasteiger partial charge in [0.15, 0.2) is 0 Å². The van der Waals surface area contributed by atoms with E-state index < -0.39 is 0 Å². The molecule has 0 bridgehead atoms. The number of unbranched alkanes of at least 4 members (excludes halogenated alkanes) is 1. The van der Waals surface area contributed by atoms with Gasteiger partial charge in [0.25, 0.3) is 0 Å². The fraction of sp³-hybridized carbons (Fsp3) is 0.155. The van der Waals surface area contributed by atoms with Gasteiger partial charge in [-0.15, -0.1) is 83.0 Å². The first-order chi connectivity index (χ1) is 33.8. The second kappa shape index (κ2) is 22.9. The summed E-state index contributed by atoms with van der Waals surface area (Å²) in [5.74, 6) is 1.15. The van der Waals surface area contributed by atoms with E-state index in [0.717, 1.165) is 65.7 Å². The van der Waals surface area contributed by atoms with E-state index in [1.807, 2.05) is 50.1 Å². The van der Waals surface area contributed by atoms with Crippen LogP contribution in [0.4, 0.5) is 62.6 Å². The van der Waals surface area contributed by atoms with Gasteiger partial charge in [-0.05, 0) is 110 Å². The maximum absolute atomic E-state index is 6.01. The molecule has 2 aromatic heterocycles. The molecule has 11 nitrogen and oxygen atoms in total. The van der Waals surface area contributed by atoms with Crippen LogP contribution in [0.5, 0.6) is 11.5 Å². The van der Waals surface area contributed by atoms with Crippen LogP contribution in [0, 0.1) is 50.3 Å². The third-order valence-electron chi connectivity index (χ3n) is 12.1. The van der Waals surface area contributed by atoms with Crippen LogP contribution >= 0.6 is 0 Å². The molecule has 1 radical (unpaired) electrons. The summed E-state index contributed by atoms with van der Waals surface area (Å²) >= 11 is 0. The van der Waals surface area contributed by atoms with Crippen molar-refractivity contribution in [3.05, 3.63) is 208 Å². The van der Waals surface area contributed by atoms with Gasteiger partial charge in [-0.3, -0.25) is 0 Å². The Kier molecular flexibility index (Phi) is 16.3. The van der Waals surface area contributed by atoms with Gasteiger partial charge < -0.3 is 53.9 Å². The molecule has 367 valence electrons. The van der Waals surface area contributed by atoms with Crippen molar-refractivity contribution in [2.45, 2.75) is 12.8 Å². The molecule has 5 heterocycles. The van der Waals surface area contributed by atoms with Crippen LogP contribution in [0.1, 0.15) is 12.8 Å². The Hall–Kier alpha value is -6.84. The summed E-state index contributed by atoms with van der Waals surface area (Å²) in [6.45, 7) is 8.40. The first-order valence-corrected chi connectivity index (χ1v) is 23.0. The molecule has 8 aromatic rings. The van der Waals surface area contributed by atoms with Crippen molar-refractivity contribution in [1.82, 2.24) is 9.97 Å². The number of benzene rings is 6. The van der Waals surface area contributed by atoms with Crippen LogP contribution in [0.25, 0.3) is 11.4 Å². The van der Waals surface area contributed by atoms with Crippen LogP contribution in [-0.2, 0) is 41.2 Å². The summed E-state index contributed by atoms with van der Waals surface area (Å²) in [7, 11) is 10.2. The SMILES string of the molecule is CN(C)c1c[c-]c(N2[CH-]N(CCCCN3[CH-]N(c4[c-]cc(N(C)C)cc4)c4ccccc43)c3ccccc32)cc1.CN1[CH-]N(c2[c-]c(Oc3[c-]c(-c4[c-]cccn4)ncc3)ccc2)c2ccccc21.[Ir].[Pt]. The quantitative estimate of drug-likeness (QED) is 0.0819. The molecule has 0 N–H and O–H groups in total. The number of pyridine rings is 2. The zero-order valence-electron chi connectivity index (χ0n) is 40.1. The van der Waals surface area contributed by atoms with Gasteiger partial charge in [0.2, 0.25) is 0 Å². The predicted molar refractivity (Wildman–Crippen MR) is 281 cm³/mol. The van der Waals surface area contributed by atoms with E-state index in [-0.39, 0.29) is 41.2 Å². The number of hydrogen-bond donors (Lipinski definition) is 0. The Morgan fingerprint density at radius 3 is 1.52 bits per heavy atom. The molecule has 71 heavy (non-hydrogen) atoms. The maximum Gasteiger partial charge on any atom is 0.0326 e. The van der Waals surface area contributed by atoms with Crippen LogP contribution in [-0.4, -0.2) is 58.3 Å². The van der Waals surface area contributed by atoms with E-state index >= 15 is 0 Å². The summed E-state index contributed by atoms with van der Waals surface area (Å²) in [4.78, 5) is 26.2. The van der Waals surface area contributed by atoms with Crippen LogP contribution in [0.2, 0.25) is 0 Å². The van der Waals surface area contributed by atoms with Crippen molar-refractivity contribution in [3.8, 4) is 22.9 Å². The van der Waals surface area contributed by atoms with Crippen molar-refractivity contribution in [2.24, 2.45) is 0 Å².